The van der Waals surface area contributed by atoms with Gasteiger partial charge in [0.2, 0.25) is 0 Å². The van der Waals surface area contributed by atoms with Gasteiger partial charge in [-0.1, -0.05) is 20.8 Å². The van der Waals surface area contributed by atoms with Gasteiger partial charge in [-0.05, 0) is 24.0 Å². The number of aryl methyl sites for hydroxylation is 1. The standard InChI is InChI=1S/C13H15FN2/c1-4-9-5-11-12(6-10(9)14)16-13(7-15-11)8(2)3/h5-8H,4H2,1-3H3. The Kier molecular flexibility index (Phi) is 2.86. The Morgan fingerprint density at radius 3 is 2.62 bits per heavy atom. The van der Waals surface area contributed by atoms with Crippen LogP contribution in [-0.2, 0) is 6.42 Å². The van der Waals surface area contributed by atoms with E-state index in [1.165, 1.54) is 6.07 Å². The van der Waals surface area contributed by atoms with E-state index in [0.29, 0.717) is 23.4 Å². The molecule has 1 aromatic carbocycles. The van der Waals surface area contributed by atoms with Crippen LogP contribution in [0.25, 0.3) is 11.0 Å². The summed E-state index contributed by atoms with van der Waals surface area (Å²) in [4.78, 5) is 8.73. The van der Waals surface area contributed by atoms with Gasteiger partial charge in [0.25, 0.3) is 0 Å². The van der Waals surface area contributed by atoms with Gasteiger partial charge >= 0.3 is 0 Å². The highest BCUT2D eigenvalue weighted by atomic mass is 19.1. The number of fused-ring (bicyclic) bond motifs is 1. The molecule has 3 heteroatoms. The monoisotopic (exact) mass is 218 g/mol. The van der Waals surface area contributed by atoms with Crippen LogP contribution < -0.4 is 0 Å². The van der Waals surface area contributed by atoms with Crippen molar-refractivity contribution in [2.45, 2.75) is 33.1 Å². The molecule has 84 valence electrons. The first-order valence-electron chi connectivity index (χ1n) is 5.57. The number of halogens is 1. The first-order chi connectivity index (χ1) is 7.61. The Morgan fingerprint density at radius 1 is 1.25 bits per heavy atom. The van der Waals surface area contributed by atoms with E-state index in [-0.39, 0.29) is 5.82 Å². The molecular formula is C13H15FN2. The summed E-state index contributed by atoms with van der Waals surface area (Å²) < 4.78 is 13.6. The Bertz CT molecular complexity index is 521. The topological polar surface area (TPSA) is 25.8 Å². The van der Waals surface area contributed by atoms with E-state index < -0.39 is 0 Å². The molecule has 0 N–H and O–H groups in total. The first kappa shape index (κ1) is 11.0. The van der Waals surface area contributed by atoms with Gasteiger partial charge in [-0.2, -0.15) is 0 Å². The summed E-state index contributed by atoms with van der Waals surface area (Å²) in [7, 11) is 0. The number of hydrogen-bond acceptors (Lipinski definition) is 2. The summed E-state index contributed by atoms with van der Waals surface area (Å²) in [6, 6.07) is 3.26. The summed E-state index contributed by atoms with van der Waals surface area (Å²) in [5.74, 6) is 0.121. The number of benzene rings is 1. The number of rotatable bonds is 2. The lowest BCUT2D eigenvalue weighted by molar-refractivity contribution is 0.613. The van der Waals surface area contributed by atoms with Crippen molar-refractivity contribution in [3.05, 3.63) is 35.4 Å². The van der Waals surface area contributed by atoms with Crippen molar-refractivity contribution in [3.63, 3.8) is 0 Å². The van der Waals surface area contributed by atoms with Crippen LogP contribution in [0.3, 0.4) is 0 Å². The predicted molar refractivity (Wildman–Crippen MR) is 63.0 cm³/mol. The molecule has 0 aliphatic heterocycles. The molecule has 2 aromatic rings. The van der Waals surface area contributed by atoms with Gasteiger partial charge in [-0.25, -0.2) is 9.37 Å². The smallest absolute Gasteiger partial charge is 0.128 e. The third-order valence-corrected chi connectivity index (χ3v) is 2.70. The number of hydrogen-bond donors (Lipinski definition) is 0. The lowest BCUT2D eigenvalue weighted by Crippen LogP contribution is -1.97. The molecule has 1 heterocycles. The summed E-state index contributed by atoms with van der Waals surface area (Å²) in [6.45, 7) is 6.03. The fourth-order valence-electron chi connectivity index (χ4n) is 1.64. The van der Waals surface area contributed by atoms with Crippen LogP contribution >= 0.6 is 0 Å². The number of nitrogens with zero attached hydrogens (tertiary/aromatic N) is 2. The van der Waals surface area contributed by atoms with Gasteiger partial charge in [-0.15, -0.1) is 0 Å². The van der Waals surface area contributed by atoms with Gasteiger partial charge in [0.15, 0.2) is 0 Å². The molecule has 0 bridgehead atoms. The summed E-state index contributed by atoms with van der Waals surface area (Å²) >= 11 is 0. The molecule has 0 unspecified atom stereocenters. The zero-order valence-corrected chi connectivity index (χ0v) is 9.79. The van der Waals surface area contributed by atoms with Crippen LogP contribution in [0.5, 0.6) is 0 Å². The highest BCUT2D eigenvalue weighted by molar-refractivity contribution is 5.75. The molecule has 0 saturated heterocycles. The van der Waals surface area contributed by atoms with E-state index in [0.717, 1.165) is 11.2 Å². The maximum atomic E-state index is 13.6. The molecule has 0 saturated carbocycles. The van der Waals surface area contributed by atoms with Crippen LogP contribution in [0.2, 0.25) is 0 Å². The molecule has 0 amide bonds. The lowest BCUT2D eigenvalue weighted by atomic mass is 10.1. The quantitative estimate of drug-likeness (QED) is 0.771. The molecule has 0 spiro atoms. The van der Waals surface area contributed by atoms with Crippen molar-refractivity contribution in [2.75, 3.05) is 0 Å². The van der Waals surface area contributed by atoms with Crippen molar-refractivity contribution in [3.8, 4) is 0 Å². The molecule has 16 heavy (non-hydrogen) atoms. The van der Waals surface area contributed by atoms with Crippen molar-refractivity contribution in [1.82, 2.24) is 9.97 Å². The second kappa shape index (κ2) is 4.16. The van der Waals surface area contributed by atoms with E-state index in [1.54, 1.807) is 12.3 Å². The minimum Gasteiger partial charge on any atom is -0.253 e. The Balaban J connectivity index is 2.62. The molecule has 0 aliphatic rings. The van der Waals surface area contributed by atoms with Crippen LogP contribution in [0, 0.1) is 5.82 Å². The van der Waals surface area contributed by atoms with Crippen molar-refractivity contribution in [2.24, 2.45) is 0 Å². The van der Waals surface area contributed by atoms with Gasteiger partial charge in [0, 0.05) is 12.3 Å². The summed E-state index contributed by atoms with van der Waals surface area (Å²) in [5, 5.41) is 0. The minimum absolute atomic E-state index is 0.190. The van der Waals surface area contributed by atoms with Crippen molar-refractivity contribution < 1.29 is 4.39 Å². The van der Waals surface area contributed by atoms with Crippen LogP contribution in [0.4, 0.5) is 4.39 Å². The first-order valence-corrected chi connectivity index (χ1v) is 5.57. The Hall–Kier alpha value is -1.51. The lowest BCUT2D eigenvalue weighted by Gasteiger charge is -2.06. The SMILES string of the molecule is CCc1cc2ncc(C(C)C)nc2cc1F. The number of aromatic nitrogens is 2. The predicted octanol–water partition coefficient (Wildman–Crippen LogP) is 3.45. The van der Waals surface area contributed by atoms with Crippen LogP contribution in [0.1, 0.15) is 37.9 Å². The maximum Gasteiger partial charge on any atom is 0.128 e. The molecule has 0 aliphatic carbocycles. The molecule has 0 radical (unpaired) electrons. The summed E-state index contributed by atoms with van der Waals surface area (Å²) in [5.41, 5.74) is 3.00. The van der Waals surface area contributed by atoms with Gasteiger partial charge in [0.1, 0.15) is 5.82 Å². The molecular weight excluding hydrogens is 203 g/mol. The van der Waals surface area contributed by atoms with E-state index in [9.17, 15) is 4.39 Å². The third-order valence-electron chi connectivity index (χ3n) is 2.70. The zero-order valence-electron chi connectivity index (χ0n) is 9.79. The normalized spacial score (nSPS) is 11.3. The third kappa shape index (κ3) is 1.90. The van der Waals surface area contributed by atoms with Gasteiger partial charge in [-0.3, -0.25) is 4.98 Å². The van der Waals surface area contributed by atoms with E-state index in [2.05, 4.69) is 9.97 Å². The largest absolute Gasteiger partial charge is 0.253 e. The maximum absolute atomic E-state index is 13.6. The van der Waals surface area contributed by atoms with Crippen molar-refractivity contribution >= 4 is 11.0 Å². The van der Waals surface area contributed by atoms with E-state index in [4.69, 9.17) is 0 Å². The van der Waals surface area contributed by atoms with Crippen molar-refractivity contribution in [1.29, 1.82) is 0 Å². The van der Waals surface area contributed by atoms with E-state index >= 15 is 0 Å². The van der Waals surface area contributed by atoms with Crippen LogP contribution in [-0.4, -0.2) is 9.97 Å². The molecule has 2 rings (SSSR count). The fraction of sp³-hybridized carbons (Fsp3) is 0.385. The fourth-order valence-corrected chi connectivity index (χ4v) is 1.64. The van der Waals surface area contributed by atoms with Gasteiger partial charge in [0.05, 0.1) is 16.7 Å². The molecule has 1 aromatic heterocycles. The average molecular weight is 218 g/mol. The molecule has 0 atom stereocenters. The second-order valence-electron chi connectivity index (χ2n) is 4.24. The van der Waals surface area contributed by atoms with Crippen LogP contribution in [0.15, 0.2) is 18.3 Å². The highest BCUT2D eigenvalue weighted by Crippen LogP contribution is 2.19. The zero-order chi connectivity index (χ0) is 11.7. The molecule has 0 fully saturated rings. The highest BCUT2D eigenvalue weighted by Gasteiger charge is 2.07. The second-order valence-corrected chi connectivity index (χ2v) is 4.24. The van der Waals surface area contributed by atoms with Gasteiger partial charge < -0.3 is 0 Å². The van der Waals surface area contributed by atoms with E-state index in [1.807, 2.05) is 20.8 Å². The Labute approximate surface area is 94.5 Å². The Morgan fingerprint density at radius 2 is 2.00 bits per heavy atom. The molecule has 2 nitrogen and oxygen atoms in total. The summed E-state index contributed by atoms with van der Waals surface area (Å²) in [6.07, 6.45) is 2.44. The average Bonchev–Trinajstić information content (AvgIpc) is 2.27. The minimum atomic E-state index is -0.190.